The Morgan fingerprint density at radius 1 is 1.20 bits per heavy atom. The molecule has 1 aromatic heterocycles. The summed E-state index contributed by atoms with van der Waals surface area (Å²) in [5.74, 6) is 2.80. The molecule has 1 aliphatic rings. The molecule has 1 unspecified atom stereocenters. The van der Waals surface area contributed by atoms with Crippen LogP contribution in [0, 0.1) is 0 Å². The van der Waals surface area contributed by atoms with Gasteiger partial charge in [-0.1, -0.05) is 31.1 Å². The van der Waals surface area contributed by atoms with E-state index in [0.29, 0.717) is 18.5 Å². The second kappa shape index (κ2) is 11.0. The SMILES string of the molecule is CCNC(=NCc1cc(C(C)C)no1)NCC(c1ccc(OC)cc1)N1CCCC1. The Bertz CT molecular complexity index is 794. The van der Waals surface area contributed by atoms with Crippen molar-refractivity contribution in [3.05, 3.63) is 47.3 Å². The number of aromatic nitrogens is 1. The van der Waals surface area contributed by atoms with Crippen molar-refractivity contribution in [2.24, 2.45) is 4.99 Å². The van der Waals surface area contributed by atoms with Gasteiger partial charge in [-0.3, -0.25) is 4.90 Å². The first-order chi connectivity index (χ1) is 14.6. The quantitative estimate of drug-likeness (QED) is 0.482. The maximum absolute atomic E-state index is 5.42. The van der Waals surface area contributed by atoms with Gasteiger partial charge in [-0.05, 0) is 56.5 Å². The molecule has 0 amide bonds. The Morgan fingerprint density at radius 3 is 2.53 bits per heavy atom. The smallest absolute Gasteiger partial charge is 0.191 e. The summed E-state index contributed by atoms with van der Waals surface area (Å²) >= 11 is 0. The molecule has 0 bridgehead atoms. The van der Waals surface area contributed by atoms with Crippen LogP contribution >= 0.6 is 0 Å². The molecule has 30 heavy (non-hydrogen) atoms. The molecule has 2 aromatic rings. The van der Waals surface area contributed by atoms with E-state index >= 15 is 0 Å². The van der Waals surface area contributed by atoms with Crippen molar-refractivity contribution in [2.75, 3.05) is 33.3 Å². The topological polar surface area (TPSA) is 74.9 Å². The first kappa shape index (κ1) is 22.2. The minimum Gasteiger partial charge on any atom is -0.497 e. The van der Waals surface area contributed by atoms with E-state index in [1.54, 1.807) is 7.11 Å². The van der Waals surface area contributed by atoms with E-state index in [1.165, 1.54) is 18.4 Å². The number of likely N-dealkylation sites (tertiary alicyclic amines) is 1. The van der Waals surface area contributed by atoms with Gasteiger partial charge in [0.2, 0.25) is 0 Å². The Hall–Kier alpha value is -2.54. The predicted octanol–water partition coefficient (Wildman–Crippen LogP) is 3.70. The van der Waals surface area contributed by atoms with E-state index in [4.69, 9.17) is 14.3 Å². The lowest BCUT2D eigenvalue weighted by molar-refractivity contribution is 0.245. The number of nitrogens with zero attached hydrogens (tertiary/aromatic N) is 3. The summed E-state index contributed by atoms with van der Waals surface area (Å²) in [6.45, 7) is 10.6. The van der Waals surface area contributed by atoms with Gasteiger partial charge in [0.15, 0.2) is 11.7 Å². The fraction of sp³-hybridized carbons (Fsp3) is 0.565. The van der Waals surface area contributed by atoms with Crippen LogP contribution in [0.5, 0.6) is 5.75 Å². The third-order valence-corrected chi connectivity index (χ3v) is 5.45. The summed E-state index contributed by atoms with van der Waals surface area (Å²) in [7, 11) is 1.70. The van der Waals surface area contributed by atoms with Crippen molar-refractivity contribution in [3.8, 4) is 5.75 Å². The van der Waals surface area contributed by atoms with Crippen molar-refractivity contribution >= 4 is 5.96 Å². The molecule has 164 valence electrons. The normalized spacial score (nSPS) is 16.1. The first-order valence-electron chi connectivity index (χ1n) is 11.0. The number of guanidine groups is 1. The average Bonchev–Trinajstić information content (AvgIpc) is 3.45. The molecule has 7 nitrogen and oxygen atoms in total. The Kier molecular flexibility index (Phi) is 8.13. The highest BCUT2D eigenvalue weighted by Gasteiger charge is 2.23. The molecule has 0 aliphatic carbocycles. The molecule has 1 atom stereocenters. The minimum absolute atomic E-state index is 0.292. The number of hydrogen-bond acceptors (Lipinski definition) is 5. The fourth-order valence-corrected chi connectivity index (χ4v) is 3.70. The highest BCUT2D eigenvalue weighted by molar-refractivity contribution is 5.79. The summed E-state index contributed by atoms with van der Waals surface area (Å²) in [6, 6.07) is 10.7. The van der Waals surface area contributed by atoms with Gasteiger partial charge in [0.1, 0.15) is 12.3 Å². The molecular weight excluding hydrogens is 378 g/mol. The maximum atomic E-state index is 5.42. The zero-order valence-electron chi connectivity index (χ0n) is 18.6. The molecule has 0 radical (unpaired) electrons. The highest BCUT2D eigenvalue weighted by Crippen LogP contribution is 2.26. The van der Waals surface area contributed by atoms with Crippen molar-refractivity contribution in [3.63, 3.8) is 0 Å². The fourth-order valence-electron chi connectivity index (χ4n) is 3.70. The molecule has 1 fully saturated rings. The lowest BCUT2D eigenvalue weighted by atomic mass is 10.1. The van der Waals surface area contributed by atoms with Gasteiger partial charge < -0.3 is 19.9 Å². The number of aliphatic imine (C=N–C) groups is 1. The minimum atomic E-state index is 0.292. The Labute approximate surface area is 179 Å². The van der Waals surface area contributed by atoms with Gasteiger partial charge >= 0.3 is 0 Å². The van der Waals surface area contributed by atoms with Crippen LogP contribution in [0.25, 0.3) is 0 Å². The van der Waals surface area contributed by atoms with E-state index in [-0.39, 0.29) is 0 Å². The van der Waals surface area contributed by atoms with Crippen molar-refractivity contribution in [1.29, 1.82) is 0 Å². The molecular formula is C23H35N5O2. The van der Waals surface area contributed by atoms with Crippen LogP contribution in [0.3, 0.4) is 0 Å². The molecule has 1 aliphatic heterocycles. The molecule has 2 heterocycles. The maximum Gasteiger partial charge on any atom is 0.191 e. The van der Waals surface area contributed by atoms with Crippen LogP contribution in [-0.4, -0.2) is 49.3 Å². The molecule has 0 spiro atoms. The van der Waals surface area contributed by atoms with Crippen LogP contribution in [0.4, 0.5) is 0 Å². The number of benzene rings is 1. The summed E-state index contributed by atoms with van der Waals surface area (Å²) < 4.78 is 10.7. The van der Waals surface area contributed by atoms with Crippen LogP contribution in [-0.2, 0) is 6.54 Å². The van der Waals surface area contributed by atoms with Gasteiger partial charge in [-0.2, -0.15) is 0 Å². The molecule has 1 aromatic carbocycles. The first-order valence-corrected chi connectivity index (χ1v) is 11.0. The van der Waals surface area contributed by atoms with Gasteiger partial charge in [0, 0.05) is 19.2 Å². The van der Waals surface area contributed by atoms with E-state index in [2.05, 4.69) is 53.6 Å². The molecule has 0 saturated carbocycles. The van der Waals surface area contributed by atoms with Gasteiger partial charge in [-0.15, -0.1) is 0 Å². The van der Waals surface area contributed by atoms with Crippen LogP contribution in [0.2, 0.25) is 0 Å². The van der Waals surface area contributed by atoms with Crippen molar-refractivity contribution in [1.82, 2.24) is 20.7 Å². The van der Waals surface area contributed by atoms with Crippen LogP contribution in [0.1, 0.15) is 62.6 Å². The van der Waals surface area contributed by atoms with E-state index in [9.17, 15) is 0 Å². The lowest BCUT2D eigenvalue weighted by Crippen LogP contribution is -2.42. The van der Waals surface area contributed by atoms with Crippen LogP contribution < -0.4 is 15.4 Å². The summed E-state index contributed by atoms with van der Waals surface area (Å²) in [5.41, 5.74) is 2.25. The third-order valence-electron chi connectivity index (χ3n) is 5.45. The predicted molar refractivity (Wildman–Crippen MR) is 120 cm³/mol. The number of nitrogens with one attached hydrogen (secondary N) is 2. The van der Waals surface area contributed by atoms with Gasteiger partial charge in [-0.25, -0.2) is 4.99 Å². The molecule has 1 saturated heterocycles. The van der Waals surface area contributed by atoms with Crippen LogP contribution in [0.15, 0.2) is 39.8 Å². The lowest BCUT2D eigenvalue weighted by Gasteiger charge is -2.29. The third kappa shape index (κ3) is 5.98. The average molecular weight is 414 g/mol. The number of hydrogen-bond donors (Lipinski definition) is 2. The summed E-state index contributed by atoms with van der Waals surface area (Å²) in [5, 5.41) is 11.0. The second-order valence-electron chi connectivity index (χ2n) is 7.98. The Balaban J connectivity index is 1.68. The second-order valence-corrected chi connectivity index (χ2v) is 7.98. The monoisotopic (exact) mass is 413 g/mol. The summed E-state index contributed by atoms with van der Waals surface area (Å²) in [6.07, 6.45) is 2.51. The highest BCUT2D eigenvalue weighted by atomic mass is 16.5. The Morgan fingerprint density at radius 2 is 1.93 bits per heavy atom. The number of rotatable bonds is 9. The zero-order valence-corrected chi connectivity index (χ0v) is 18.6. The van der Waals surface area contributed by atoms with Gasteiger partial charge in [0.25, 0.3) is 0 Å². The summed E-state index contributed by atoms with van der Waals surface area (Å²) in [4.78, 5) is 7.24. The van der Waals surface area contributed by atoms with E-state index < -0.39 is 0 Å². The molecule has 3 rings (SSSR count). The largest absolute Gasteiger partial charge is 0.497 e. The van der Waals surface area contributed by atoms with E-state index in [0.717, 1.165) is 49.3 Å². The van der Waals surface area contributed by atoms with Crippen molar-refractivity contribution < 1.29 is 9.26 Å². The van der Waals surface area contributed by atoms with Crippen molar-refractivity contribution in [2.45, 2.75) is 52.1 Å². The molecule has 2 N–H and O–H groups in total. The molecule has 7 heteroatoms. The van der Waals surface area contributed by atoms with E-state index in [1.807, 2.05) is 18.2 Å². The number of ether oxygens (including phenoxy) is 1. The van der Waals surface area contributed by atoms with Gasteiger partial charge in [0.05, 0.1) is 18.8 Å². The standard InChI is InChI=1S/C23H35N5O2/c1-5-24-23(25-15-20-14-21(17(2)3)27-30-20)26-16-22(28-12-6-7-13-28)18-8-10-19(29-4)11-9-18/h8-11,14,17,22H,5-7,12-13,15-16H2,1-4H3,(H2,24,25,26). The zero-order chi connectivity index (χ0) is 21.3. The number of methoxy groups -OCH3 is 1.